The highest BCUT2D eigenvalue weighted by atomic mass is 32.2. The van der Waals surface area contributed by atoms with Crippen molar-refractivity contribution in [1.82, 2.24) is 5.32 Å². The first kappa shape index (κ1) is 32.7. The van der Waals surface area contributed by atoms with Crippen LogP contribution in [0, 0.1) is 0 Å². The van der Waals surface area contributed by atoms with E-state index in [9.17, 15) is 14.4 Å². The van der Waals surface area contributed by atoms with Crippen LogP contribution in [0.2, 0.25) is 0 Å². The van der Waals surface area contributed by atoms with Crippen molar-refractivity contribution in [2.45, 2.75) is 23.5 Å². The van der Waals surface area contributed by atoms with Crippen LogP contribution in [0.15, 0.2) is 108 Å². The molecular formula is C35H35N3O6S. The van der Waals surface area contributed by atoms with Crippen molar-refractivity contribution in [3.05, 3.63) is 114 Å². The summed E-state index contributed by atoms with van der Waals surface area (Å²) in [5, 5.41) is 8.15. The molecule has 45 heavy (non-hydrogen) atoms. The Balaban J connectivity index is 1.50. The lowest BCUT2D eigenvalue weighted by atomic mass is 10.1. The SMILES string of the molecule is CCC(Sc1cccc(NC(=O)/C(=C\c2ccc(OC)cc2)NC(=O)c2ccccc2)c1)C(=O)Nc1cc(OC)cc(OC)c1. The number of carbonyl (C=O) groups is 3. The van der Waals surface area contributed by atoms with Crippen LogP contribution in [0.5, 0.6) is 17.2 Å². The maximum Gasteiger partial charge on any atom is 0.272 e. The van der Waals surface area contributed by atoms with E-state index in [1.165, 1.54) is 11.8 Å². The van der Waals surface area contributed by atoms with Crippen molar-refractivity contribution in [2.24, 2.45) is 0 Å². The Morgan fingerprint density at radius 1 is 0.733 bits per heavy atom. The van der Waals surface area contributed by atoms with E-state index in [1.807, 2.05) is 19.1 Å². The van der Waals surface area contributed by atoms with Crippen molar-refractivity contribution in [1.29, 1.82) is 0 Å². The standard InChI is InChI=1S/C35H35N3O6S/c1-5-32(35(41)37-26-19-28(43-3)22-29(20-26)44-4)45-30-13-9-12-25(21-30)36-34(40)31(18-23-14-16-27(42-2)17-15-23)38-33(39)24-10-7-6-8-11-24/h6-22,32H,5H2,1-4H3,(H,36,40)(H,37,41)(H,38,39)/b31-18+. The summed E-state index contributed by atoms with van der Waals surface area (Å²) in [6.45, 7) is 1.93. The monoisotopic (exact) mass is 625 g/mol. The molecule has 1 atom stereocenters. The molecule has 0 spiro atoms. The normalized spacial score (nSPS) is 11.6. The van der Waals surface area contributed by atoms with Gasteiger partial charge in [-0.05, 0) is 60.5 Å². The van der Waals surface area contributed by atoms with Gasteiger partial charge in [0.25, 0.3) is 11.8 Å². The van der Waals surface area contributed by atoms with Crippen LogP contribution in [-0.2, 0) is 9.59 Å². The lowest BCUT2D eigenvalue weighted by Gasteiger charge is -2.17. The largest absolute Gasteiger partial charge is 0.497 e. The van der Waals surface area contributed by atoms with Gasteiger partial charge in [-0.2, -0.15) is 0 Å². The van der Waals surface area contributed by atoms with Gasteiger partial charge in [0.05, 0.1) is 26.6 Å². The zero-order chi connectivity index (χ0) is 32.2. The number of benzene rings is 4. The minimum atomic E-state index is -0.506. The second kappa shape index (κ2) is 16.0. The Bertz CT molecular complexity index is 1640. The van der Waals surface area contributed by atoms with E-state index in [-0.39, 0.29) is 11.6 Å². The fourth-order valence-electron chi connectivity index (χ4n) is 4.24. The van der Waals surface area contributed by atoms with E-state index in [0.29, 0.717) is 46.2 Å². The van der Waals surface area contributed by atoms with Gasteiger partial charge < -0.3 is 30.2 Å². The third-order valence-electron chi connectivity index (χ3n) is 6.61. The number of amides is 3. The highest BCUT2D eigenvalue weighted by molar-refractivity contribution is 8.00. The van der Waals surface area contributed by atoms with Crippen LogP contribution in [0.1, 0.15) is 29.3 Å². The number of nitrogens with one attached hydrogen (secondary N) is 3. The molecule has 0 saturated carbocycles. The Hall–Kier alpha value is -5.22. The van der Waals surface area contributed by atoms with Crippen molar-refractivity contribution in [3.63, 3.8) is 0 Å². The fourth-order valence-corrected chi connectivity index (χ4v) is 5.26. The maximum atomic E-state index is 13.5. The van der Waals surface area contributed by atoms with Crippen LogP contribution >= 0.6 is 11.8 Å². The topological polar surface area (TPSA) is 115 Å². The Labute approximate surface area is 267 Å². The van der Waals surface area contributed by atoms with Crippen LogP contribution < -0.4 is 30.2 Å². The van der Waals surface area contributed by atoms with E-state index in [1.54, 1.807) is 112 Å². The second-order valence-corrected chi connectivity index (χ2v) is 11.0. The molecule has 0 aliphatic heterocycles. The van der Waals surface area contributed by atoms with Gasteiger partial charge in [-0.1, -0.05) is 43.3 Å². The molecule has 0 radical (unpaired) electrons. The quantitative estimate of drug-likeness (QED) is 0.113. The molecule has 0 aromatic heterocycles. The highest BCUT2D eigenvalue weighted by Gasteiger charge is 2.20. The zero-order valence-corrected chi connectivity index (χ0v) is 26.3. The van der Waals surface area contributed by atoms with E-state index < -0.39 is 17.1 Å². The van der Waals surface area contributed by atoms with Gasteiger partial charge in [0.2, 0.25) is 5.91 Å². The van der Waals surface area contributed by atoms with Gasteiger partial charge in [0, 0.05) is 40.0 Å². The summed E-state index contributed by atoms with van der Waals surface area (Å²) >= 11 is 1.38. The Morgan fingerprint density at radius 3 is 2.02 bits per heavy atom. The summed E-state index contributed by atoms with van der Waals surface area (Å²) in [6, 6.07) is 28.1. The van der Waals surface area contributed by atoms with Crippen molar-refractivity contribution in [3.8, 4) is 17.2 Å². The first-order chi connectivity index (χ1) is 21.8. The number of carbonyl (C=O) groups excluding carboxylic acids is 3. The van der Waals surface area contributed by atoms with Crippen molar-refractivity contribution >= 4 is 46.9 Å². The van der Waals surface area contributed by atoms with Crippen LogP contribution in [0.25, 0.3) is 6.08 Å². The molecule has 0 heterocycles. The number of hydrogen-bond donors (Lipinski definition) is 3. The molecule has 4 aromatic rings. The van der Waals surface area contributed by atoms with E-state index in [2.05, 4.69) is 16.0 Å². The van der Waals surface area contributed by atoms with Gasteiger partial charge in [-0.3, -0.25) is 14.4 Å². The number of ether oxygens (including phenoxy) is 3. The molecule has 232 valence electrons. The predicted molar refractivity (Wildman–Crippen MR) is 178 cm³/mol. The third kappa shape index (κ3) is 9.38. The molecule has 3 N–H and O–H groups in total. The molecule has 0 aliphatic carbocycles. The minimum absolute atomic E-state index is 0.0617. The van der Waals surface area contributed by atoms with E-state index in [0.717, 1.165) is 4.90 Å². The summed E-state index contributed by atoms with van der Waals surface area (Å²) in [4.78, 5) is 40.5. The first-order valence-electron chi connectivity index (χ1n) is 14.2. The maximum absolute atomic E-state index is 13.5. The highest BCUT2D eigenvalue weighted by Crippen LogP contribution is 2.30. The number of anilines is 2. The number of methoxy groups -OCH3 is 3. The summed E-state index contributed by atoms with van der Waals surface area (Å²) in [7, 11) is 4.67. The number of hydrogen-bond acceptors (Lipinski definition) is 7. The van der Waals surface area contributed by atoms with Crippen molar-refractivity contribution in [2.75, 3.05) is 32.0 Å². The summed E-state index contributed by atoms with van der Waals surface area (Å²) in [5.74, 6) is 0.696. The molecular weight excluding hydrogens is 590 g/mol. The summed E-state index contributed by atoms with van der Waals surface area (Å²) in [6.07, 6.45) is 2.16. The number of thioether (sulfide) groups is 1. The average Bonchev–Trinajstić information content (AvgIpc) is 3.07. The molecule has 0 fully saturated rings. The smallest absolute Gasteiger partial charge is 0.272 e. The van der Waals surface area contributed by atoms with Gasteiger partial charge in [0.1, 0.15) is 22.9 Å². The molecule has 3 amide bonds. The number of rotatable bonds is 13. The Kier molecular flexibility index (Phi) is 11.6. The summed E-state index contributed by atoms with van der Waals surface area (Å²) < 4.78 is 15.8. The molecule has 9 nitrogen and oxygen atoms in total. The van der Waals surface area contributed by atoms with Gasteiger partial charge in [-0.15, -0.1) is 11.8 Å². The lowest BCUT2D eigenvalue weighted by molar-refractivity contribution is -0.116. The average molecular weight is 626 g/mol. The second-order valence-electron chi connectivity index (χ2n) is 9.74. The Morgan fingerprint density at radius 2 is 1.40 bits per heavy atom. The lowest BCUT2D eigenvalue weighted by Crippen LogP contribution is -2.30. The summed E-state index contributed by atoms with van der Waals surface area (Å²) in [5.41, 5.74) is 2.24. The molecule has 0 saturated heterocycles. The molecule has 0 bridgehead atoms. The van der Waals surface area contributed by atoms with Crippen LogP contribution in [0.4, 0.5) is 11.4 Å². The van der Waals surface area contributed by atoms with Gasteiger partial charge in [-0.25, -0.2) is 0 Å². The van der Waals surface area contributed by atoms with Crippen molar-refractivity contribution < 1.29 is 28.6 Å². The van der Waals surface area contributed by atoms with E-state index in [4.69, 9.17) is 14.2 Å². The predicted octanol–water partition coefficient (Wildman–Crippen LogP) is 6.63. The molecule has 4 aromatic carbocycles. The molecule has 1 unspecified atom stereocenters. The fraction of sp³-hybridized carbons (Fsp3) is 0.171. The third-order valence-corrected chi connectivity index (χ3v) is 7.97. The molecule has 0 aliphatic rings. The molecule has 10 heteroatoms. The minimum Gasteiger partial charge on any atom is -0.497 e. The van der Waals surface area contributed by atoms with Gasteiger partial charge >= 0.3 is 0 Å². The van der Waals surface area contributed by atoms with Crippen LogP contribution in [-0.4, -0.2) is 44.3 Å². The zero-order valence-electron chi connectivity index (χ0n) is 25.5. The van der Waals surface area contributed by atoms with Gasteiger partial charge in [0.15, 0.2) is 0 Å². The van der Waals surface area contributed by atoms with Crippen LogP contribution in [0.3, 0.4) is 0 Å². The molecule has 4 rings (SSSR count). The first-order valence-corrected chi connectivity index (χ1v) is 15.0. The van der Waals surface area contributed by atoms with E-state index >= 15 is 0 Å².